The zero-order valence-electron chi connectivity index (χ0n) is 16.7. The molecule has 11 heteroatoms. The van der Waals surface area contributed by atoms with Gasteiger partial charge in [-0.1, -0.05) is 6.07 Å². The number of halogens is 5. The van der Waals surface area contributed by atoms with Crippen molar-refractivity contribution in [3.05, 3.63) is 29.3 Å². The molecule has 1 heterocycles. The van der Waals surface area contributed by atoms with Crippen molar-refractivity contribution in [2.24, 2.45) is 5.73 Å². The second-order valence-corrected chi connectivity index (χ2v) is 7.16. The van der Waals surface area contributed by atoms with Crippen LogP contribution in [0.1, 0.15) is 24.0 Å². The average molecular weight is 479 g/mol. The van der Waals surface area contributed by atoms with E-state index in [4.69, 9.17) is 15.2 Å². The van der Waals surface area contributed by atoms with Crippen LogP contribution in [0.4, 0.5) is 13.2 Å². The van der Waals surface area contributed by atoms with Gasteiger partial charge in [-0.05, 0) is 37.0 Å². The number of aryl methyl sites for hydroxylation is 1. The van der Waals surface area contributed by atoms with Crippen LogP contribution in [0.5, 0.6) is 5.75 Å². The molecule has 4 N–H and O–H groups in total. The number of aliphatic hydroxyl groups is 2. The number of rotatable bonds is 10. The lowest BCUT2D eigenvalue weighted by atomic mass is 9.93. The van der Waals surface area contributed by atoms with E-state index in [9.17, 15) is 23.4 Å². The molecule has 1 saturated heterocycles. The summed E-state index contributed by atoms with van der Waals surface area (Å²) >= 11 is 0. The topological polar surface area (TPSA) is 88.2 Å². The molecule has 1 aromatic carbocycles. The predicted molar refractivity (Wildman–Crippen MR) is 113 cm³/mol. The van der Waals surface area contributed by atoms with Crippen LogP contribution in [-0.2, 0) is 17.3 Å². The highest BCUT2D eigenvalue weighted by molar-refractivity contribution is 5.85. The molecule has 0 aromatic heterocycles. The summed E-state index contributed by atoms with van der Waals surface area (Å²) in [7, 11) is 0. The minimum absolute atomic E-state index is 0. The fourth-order valence-corrected chi connectivity index (χ4v) is 2.98. The second-order valence-electron chi connectivity index (χ2n) is 7.16. The first kappa shape index (κ1) is 29.2. The van der Waals surface area contributed by atoms with Crippen LogP contribution in [-0.4, -0.2) is 73.3 Å². The molecule has 0 radical (unpaired) electrons. The Hall–Kier alpha value is -0.810. The first-order chi connectivity index (χ1) is 13.3. The lowest BCUT2D eigenvalue weighted by Gasteiger charge is -2.26. The number of nitrogens with zero attached hydrogens (tertiary/aromatic N) is 1. The maximum atomic E-state index is 13.4. The highest BCUT2D eigenvalue weighted by Crippen LogP contribution is 2.37. The first-order valence-corrected chi connectivity index (χ1v) is 9.41. The van der Waals surface area contributed by atoms with Crippen LogP contribution in [0.15, 0.2) is 18.2 Å². The van der Waals surface area contributed by atoms with Gasteiger partial charge in [0.1, 0.15) is 5.75 Å². The average Bonchev–Trinajstić information content (AvgIpc) is 2.70. The van der Waals surface area contributed by atoms with Gasteiger partial charge in [-0.25, -0.2) is 0 Å². The van der Waals surface area contributed by atoms with Gasteiger partial charge in [0.15, 0.2) is 0 Å². The second kappa shape index (κ2) is 13.6. The van der Waals surface area contributed by atoms with E-state index in [1.54, 1.807) is 6.07 Å². The van der Waals surface area contributed by atoms with Crippen LogP contribution < -0.4 is 10.5 Å². The van der Waals surface area contributed by atoms with Gasteiger partial charge in [-0.3, -0.25) is 4.90 Å². The molecule has 30 heavy (non-hydrogen) atoms. The molecule has 6 nitrogen and oxygen atoms in total. The summed E-state index contributed by atoms with van der Waals surface area (Å²) < 4.78 is 51.0. The summed E-state index contributed by atoms with van der Waals surface area (Å²) in [5.74, 6) is -0.193. The zero-order chi connectivity index (χ0) is 20.6. The van der Waals surface area contributed by atoms with Gasteiger partial charge in [0, 0.05) is 19.6 Å². The van der Waals surface area contributed by atoms with E-state index in [1.807, 2.05) is 0 Å². The smallest absolute Gasteiger partial charge is 0.419 e. The minimum atomic E-state index is -4.54. The molecule has 0 amide bonds. The van der Waals surface area contributed by atoms with Gasteiger partial charge in [0.05, 0.1) is 44.1 Å². The van der Waals surface area contributed by atoms with Crippen LogP contribution >= 0.6 is 24.8 Å². The SMILES string of the molecule is Cl.Cl.NC(CO)(CO)CCc1ccc(OCCCN2CCOCC2)c(C(F)(F)F)c1. The van der Waals surface area contributed by atoms with Gasteiger partial charge in [-0.15, -0.1) is 24.8 Å². The summed E-state index contributed by atoms with van der Waals surface area (Å²) in [6, 6.07) is 3.93. The molecule has 1 aromatic rings. The number of alkyl halides is 3. The Morgan fingerprint density at radius 2 is 1.73 bits per heavy atom. The highest BCUT2D eigenvalue weighted by Gasteiger charge is 2.35. The van der Waals surface area contributed by atoms with Crippen molar-refractivity contribution in [2.75, 3.05) is 52.7 Å². The Kier molecular flexibility index (Phi) is 13.2. The molecule has 0 atom stereocenters. The monoisotopic (exact) mass is 478 g/mol. The summed E-state index contributed by atoms with van der Waals surface area (Å²) in [6.07, 6.45) is -3.54. The Morgan fingerprint density at radius 1 is 1.10 bits per heavy atom. The lowest BCUT2D eigenvalue weighted by molar-refractivity contribution is -0.139. The predicted octanol–water partition coefficient (Wildman–Crippen LogP) is 2.26. The van der Waals surface area contributed by atoms with Crippen molar-refractivity contribution >= 4 is 24.8 Å². The fraction of sp³-hybridized carbons (Fsp3) is 0.684. The van der Waals surface area contributed by atoms with E-state index < -0.39 is 30.5 Å². The molecule has 2 rings (SSSR count). The Labute approximate surface area is 187 Å². The molecule has 1 aliphatic heterocycles. The summed E-state index contributed by atoms with van der Waals surface area (Å²) in [4.78, 5) is 2.20. The van der Waals surface area contributed by atoms with E-state index in [0.29, 0.717) is 25.2 Å². The third kappa shape index (κ3) is 9.13. The Bertz CT molecular complexity index is 614. The number of aliphatic hydroxyl groups excluding tert-OH is 2. The summed E-state index contributed by atoms with van der Waals surface area (Å²) in [6.45, 7) is 3.07. The van der Waals surface area contributed by atoms with Crippen molar-refractivity contribution in [3.8, 4) is 5.75 Å². The Balaban J connectivity index is 0.00000420. The van der Waals surface area contributed by atoms with E-state index in [0.717, 1.165) is 25.7 Å². The van der Waals surface area contributed by atoms with Crippen LogP contribution in [0.3, 0.4) is 0 Å². The standard InChI is InChI=1S/C19H29F3N2O4.2ClH/c20-19(21,22)16-12-15(4-5-18(23,13-25)14-26)2-3-17(16)28-9-1-6-24-7-10-27-11-8-24;;/h2-3,12,25-26H,1,4-11,13-14,23H2;2*1H. The van der Waals surface area contributed by atoms with Gasteiger partial charge in [-0.2, -0.15) is 13.2 Å². The molecule has 176 valence electrons. The van der Waals surface area contributed by atoms with Crippen LogP contribution in [0.25, 0.3) is 0 Å². The van der Waals surface area contributed by atoms with Gasteiger partial charge in [0.2, 0.25) is 0 Å². The molecule has 0 saturated carbocycles. The van der Waals surface area contributed by atoms with E-state index in [1.165, 1.54) is 6.07 Å². The number of morpholine rings is 1. The van der Waals surface area contributed by atoms with Crippen molar-refractivity contribution < 1.29 is 32.9 Å². The first-order valence-electron chi connectivity index (χ1n) is 9.41. The molecule has 1 aliphatic rings. The number of hydrogen-bond donors (Lipinski definition) is 3. The highest BCUT2D eigenvalue weighted by atomic mass is 35.5. The van der Waals surface area contributed by atoms with Crippen molar-refractivity contribution in [2.45, 2.75) is 31.0 Å². The maximum Gasteiger partial charge on any atom is 0.419 e. The zero-order valence-corrected chi connectivity index (χ0v) is 18.3. The summed E-state index contributed by atoms with van der Waals surface area (Å²) in [5.41, 5.74) is 4.16. The molecule has 0 bridgehead atoms. The quantitative estimate of drug-likeness (QED) is 0.447. The molecule has 0 spiro atoms. The number of nitrogens with two attached hydrogens (primary N) is 1. The van der Waals surface area contributed by atoms with Crippen molar-refractivity contribution in [3.63, 3.8) is 0 Å². The third-order valence-electron chi connectivity index (χ3n) is 4.87. The van der Waals surface area contributed by atoms with Crippen molar-refractivity contribution in [1.29, 1.82) is 0 Å². The van der Waals surface area contributed by atoms with Gasteiger partial charge < -0.3 is 25.4 Å². The maximum absolute atomic E-state index is 13.4. The van der Waals surface area contributed by atoms with E-state index in [2.05, 4.69) is 4.90 Å². The number of ether oxygens (including phenoxy) is 2. The van der Waals surface area contributed by atoms with Gasteiger partial charge >= 0.3 is 6.18 Å². The molecule has 0 unspecified atom stereocenters. The lowest BCUT2D eigenvalue weighted by Crippen LogP contribution is -2.47. The van der Waals surface area contributed by atoms with Crippen LogP contribution in [0.2, 0.25) is 0 Å². The number of benzene rings is 1. The normalized spacial score (nSPS) is 15.3. The third-order valence-corrected chi connectivity index (χ3v) is 4.87. The van der Waals surface area contributed by atoms with E-state index in [-0.39, 0.29) is 50.0 Å². The fourth-order valence-electron chi connectivity index (χ4n) is 2.98. The number of hydrogen-bond acceptors (Lipinski definition) is 6. The van der Waals surface area contributed by atoms with Gasteiger partial charge in [0.25, 0.3) is 0 Å². The largest absolute Gasteiger partial charge is 0.493 e. The summed E-state index contributed by atoms with van der Waals surface area (Å²) in [5, 5.41) is 18.4. The molecule has 0 aliphatic carbocycles. The molecular weight excluding hydrogens is 448 g/mol. The minimum Gasteiger partial charge on any atom is -0.493 e. The Morgan fingerprint density at radius 3 is 2.30 bits per heavy atom. The van der Waals surface area contributed by atoms with Crippen molar-refractivity contribution in [1.82, 2.24) is 4.90 Å². The molecule has 1 fully saturated rings. The van der Waals surface area contributed by atoms with E-state index >= 15 is 0 Å². The molecular formula is C19H31Cl2F3N2O4. The van der Waals surface area contributed by atoms with Crippen LogP contribution in [0, 0.1) is 0 Å².